The molecule has 0 saturated carbocycles. The Labute approximate surface area is 198 Å². The zero-order valence-electron chi connectivity index (χ0n) is 19.3. The Bertz CT molecular complexity index is 1150. The fraction of sp³-hybridized carbons (Fsp3) is 0.346. The van der Waals surface area contributed by atoms with Gasteiger partial charge in [-0.2, -0.15) is 0 Å². The normalized spacial score (nSPS) is 12.9. The molecule has 2 heterocycles. The van der Waals surface area contributed by atoms with Crippen LogP contribution in [0.2, 0.25) is 0 Å². The van der Waals surface area contributed by atoms with Gasteiger partial charge in [-0.25, -0.2) is 4.98 Å². The van der Waals surface area contributed by atoms with Gasteiger partial charge < -0.3 is 10.1 Å². The number of rotatable bonds is 8. The summed E-state index contributed by atoms with van der Waals surface area (Å²) in [6.45, 7) is 6.12. The van der Waals surface area contributed by atoms with Gasteiger partial charge in [0.25, 0.3) is 5.91 Å². The smallest absolute Gasteiger partial charge is 0.265 e. The first-order valence-corrected chi connectivity index (χ1v) is 12.3. The largest absolute Gasteiger partial charge is 0.482 e. The van der Waals surface area contributed by atoms with Crippen molar-refractivity contribution in [3.63, 3.8) is 0 Å². The number of aryl methyl sites for hydroxylation is 3. The van der Waals surface area contributed by atoms with Gasteiger partial charge >= 0.3 is 0 Å². The molecule has 7 heteroatoms. The lowest BCUT2D eigenvalue weighted by molar-refractivity contribution is -0.123. The Morgan fingerprint density at radius 2 is 1.91 bits per heavy atom. The van der Waals surface area contributed by atoms with Crippen LogP contribution in [-0.2, 0) is 28.9 Å². The minimum Gasteiger partial charge on any atom is -0.482 e. The van der Waals surface area contributed by atoms with Crippen molar-refractivity contribution in [3.8, 4) is 17.0 Å². The molecular weight excluding hydrogens is 434 g/mol. The summed E-state index contributed by atoms with van der Waals surface area (Å²) in [4.78, 5) is 32.0. The van der Waals surface area contributed by atoms with Crippen molar-refractivity contribution in [3.05, 3.63) is 57.9 Å². The number of amides is 2. The van der Waals surface area contributed by atoms with E-state index in [9.17, 15) is 9.59 Å². The van der Waals surface area contributed by atoms with Crippen LogP contribution in [0, 0.1) is 0 Å². The van der Waals surface area contributed by atoms with E-state index in [4.69, 9.17) is 9.72 Å². The van der Waals surface area contributed by atoms with Crippen LogP contribution in [0.25, 0.3) is 11.3 Å². The van der Waals surface area contributed by atoms with E-state index in [0.717, 1.165) is 58.8 Å². The predicted octanol–water partition coefficient (Wildman–Crippen LogP) is 5.25. The molecule has 4 rings (SSSR count). The minimum absolute atomic E-state index is 0.0714. The molecule has 1 aromatic heterocycles. The Morgan fingerprint density at radius 3 is 2.61 bits per heavy atom. The third-order valence-corrected chi connectivity index (χ3v) is 6.69. The van der Waals surface area contributed by atoms with Gasteiger partial charge in [-0.1, -0.05) is 39.0 Å². The van der Waals surface area contributed by atoms with Crippen LogP contribution >= 0.6 is 11.3 Å². The van der Waals surface area contributed by atoms with Crippen LogP contribution in [-0.4, -0.2) is 29.9 Å². The van der Waals surface area contributed by atoms with Crippen LogP contribution in [0.15, 0.2) is 41.8 Å². The van der Waals surface area contributed by atoms with Crippen molar-refractivity contribution in [2.45, 2.75) is 46.5 Å². The molecule has 0 saturated heterocycles. The molecule has 33 heavy (non-hydrogen) atoms. The lowest BCUT2D eigenvalue weighted by Crippen LogP contribution is -2.43. The number of hydrogen-bond donors (Lipinski definition) is 1. The second-order valence-electron chi connectivity index (χ2n) is 8.03. The Hall–Kier alpha value is -3.19. The molecule has 0 aliphatic carbocycles. The Morgan fingerprint density at radius 1 is 1.15 bits per heavy atom. The van der Waals surface area contributed by atoms with Gasteiger partial charge in [-0.15, -0.1) is 11.3 Å². The molecule has 0 unspecified atom stereocenters. The van der Waals surface area contributed by atoms with Gasteiger partial charge in [-0.05, 0) is 55.0 Å². The van der Waals surface area contributed by atoms with Crippen molar-refractivity contribution in [1.29, 1.82) is 0 Å². The van der Waals surface area contributed by atoms with E-state index in [1.165, 1.54) is 4.90 Å². The minimum atomic E-state index is -0.237. The zero-order chi connectivity index (χ0) is 23.4. The maximum atomic E-state index is 13.0. The third-order valence-electron chi connectivity index (χ3n) is 5.78. The van der Waals surface area contributed by atoms with Crippen molar-refractivity contribution >= 4 is 34.5 Å². The van der Waals surface area contributed by atoms with Crippen LogP contribution in [0.4, 0.5) is 11.4 Å². The molecule has 2 amide bonds. The monoisotopic (exact) mass is 463 g/mol. The van der Waals surface area contributed by atoms with Gasteiger partial charge in [0.15, 0.2) is 6.61 Å². The van der Waals surface area contributed by atoms with Gasteiger partial charge in [0.2, 0.25) is 5.91 Å². The highest BCUT2D eigenvalue weighted by atomic mass is 32.1. The van der Waals surface area contributed by atoms with E-state index in [2.05, 4.69) is 26.1 Å². The number of benzene rings is 2. The SMILES string of the molecule is CCCc1nc(-c2ccc3c(c2)N(CC(=O)Nc2c(CC)cccc2CC)C(=O)CO3)cs1. The molecular formula is C26H29N3O3S. The van der Waals surface area contributed by atoms with Gasteiger partial charge in [-0.3, -0.25) is 14.5 Å². The number of para-hydroxylation sites is 1. The summed E-state index contributed by atoms with van der Waals surface area (Å²) in [6.07, 6.45) is 3.63. The van der Waals surface area contributed by atoms with E-state index >= 15 is 0 Å². The summed E-state index contributed by atoms with van der Waals surface area (Å²) in [5, 5.41) is 6.18. The van der Waals surface area contributed by atoms with Gasteiger partial charge in [0, 0.05) is 16.6 Å². The standard InChI is InChI=1S/C26H29N3O3S/c1-4-8-24-27-20(16-33-24)19-11-12-22-21(13-19)29(25(31)15-32-22)14-23(30)28-26-17(5-2)9-7-10-18(26)6-3/h7,9-13,16H,4-6,8,14-15H2,1-3H3,(H,28,30). The number of anilines is 2. The fourth-order valence-electron chi connectivity index (χ4n) is 4.03. The number of nitrogens with zero attached hydrogens (tertiary/aromatic N) is 2. The predicted molar refractivity (Wildman–Crippen MR) is 133 cm³/mol. The Kier molecular flexibility index (Phi) is 7.08. The number of thiazole rings is 1. The second kappa shape index (κ2) is 10.2. The first-order valence-electron chi connectivity index (χ1n) is 11.5. The Balaban J connectivity index is 1.59. The van der Waals surface area contributed by atoms with Crippen LogP contribution in [0.3, 0.4) is 0 Å². The quantitative estimate of drug-likeness (QED) is 0.495. The number of fused-ring (bicyclic) bond motifs is 1. The molecule has 172 valence electrons. The lowest BCUT2D eigenvalue weighted by Gasteiger charge is -2.29. The van der Waals surface area contributed by atoms with E-state index in [1.54, 1.807) is 11.3 Å². The van der Waals surface area contributed by atoms with Crippen molar-refractivity contribution in [2.24, 2.45) is 0 Å². The molecule has 1 aliphatic rings. The third kappa shape index (κ3) is 4.93. The first kappa shape index (κ1) is 23.0. The summed E-state index contributed by atoms with van der Waals surface area (Å²) in [5.41, 5.74) is 5.41. The zero-order valence-corrected chi connectivity index (χ0v) is 20.1. The molecule has 2 aromatic carbocycles. The van der Waals surface area contributed by atoms with Crippen LogP contribution in [0.1, 0.15) is 43.3 Å². The molecule has 1 N–H and O–H groups in total. The average Bonchev–Trinajstić information content (AvgIpc) is 3.29. The maximum Gasteiger partial charge on any atom is 0.265 e. The molecule has 3 aromatic rings. The van der Waals surface area contributed by atoms with Gasteiger partial charge in [0.05, 0.1) is 16.4 Å². The van der Waals surface area contributed by atoms with Crippen molar-refractivity contribution in [2.75, 3.05) is 23.4 Å². The number of nitrogens with one attached hydrogen (secondary N) is 1. The van der Waals surface area contributed by atoms with E-state index in [-0.39, 0.29) is 25.0 Å². The first-order chi connectivity index (χ1) is 16.0. The molecule has 1 aliphatic heterocycles. The summed E-state index contributed by atoms with van der Waals surface area (Å²) in [7, 11) is 0. The summed E-state index contributed by atoms with van der Waals surface area (Å²) in [6, 6.07) is 11.8. The molecule has 0 atom stereocenters. The number of aromatic nitrogens is 1. The number of ether oxygens (including phenoxy) is 1. The maximum absolute atomic E-state index is 13.0. The highest BCUT2D eigenvalue weighted by molar-refractivity contribution is 7.09. The molecule has 0 bridgehead atoms. The summed E-state index contributed by atoms with van der Waals surface area (Å²) >= 11 is 1.64. The lowest BCUT2D eigenvalue weighted by atomic mass is 10.0. The van der Waals surface area contributed by atoms with Crippen molar-refractivity contribution < 1.29 is 14.3 Å². The average molecular weight is 464 g/mol. The number of hydrogen-bond acceptors (Lipinski definition) is 5. The summed E-state index contributed by atoms with van der Waals surface area (Å²) in [5.74, 6) is 0.133. The molecule has 6 nitrogen and oxygen atoms in total. The summed E-state index contributed by atoms with van der Waals surface area (Å²) < 4.78 is 5.63. The van der Waals surface area contributed by atoms with E-state index in [1.807, 2.05) is 41.8 Å². The molecule has 0 spiro atoms. The second-order valence-corrected chi connectivity index (χ2v) is 8.98. The number of carbonyl (C=O) groups is 2. The van der Waals surface area contributed by atoms with Gasteiger partial charge in [0.1, 0.15) is 12.3 Å². The van der Waals surface area contributed by atoms with E-state index in [0.29, 0.717) is 11.4 Å². The number of carbonyl (C=O) groups excluding carboxylic acids is 2. The molecule has 0 fully saturated rings. The highest BCUT2D eigenvalue weighted by Crippen LogP contribution is 2.36. The van der Waals surface area contributed by atoms with Crippen LogP contribution in [0.5, 0.6) is 5.75 Å². The topological polar surface area (TPSA) is 71.5 Å². The van der Waals surface area contributed by atoms with Crippen molar-refractivity contribution in [1.82, 2.24) is 4.98 Å². The molecule has 0 radical (unpaired) electrons. The van der Waals surface area contributed by atoms with E-state index < -0.39 is 0 Å². The van der Waals surface area contributed by atoms with Crippen LogP contribution < -0.4 is 15.0 Å². The highest BCUT2D eigenvalue weighted by Gasteiger charge is 2.28. The fourth-order valence-corrected chi connectivity index (χ4v) is 4.94.